The first-order chi connectivity index (χ1) is 11.7. The van der Waals surface area contributed by atoms with E-state index in [1.807, 2.05) is 73.7 Å². The summed E-state index contributed by atoms with van der Waals surface area (Å²) in [5, 5.41) is 4.32. The quantitative estimate of drug-likeness (QED) is 0.591. The van der Waals surface area contributed by atoms with Crippen LogP contribution in [0.4, 0.5) is 0 Å². The second kappa shape index (κ2) is 7.33. The summed E-state index contributed by atoms with van der Waals surface area (Å²) in [4.78, 5) is 16.7. The summed E-state index contributed by atoms with van der Waals surface area (Å²) in [6.45, 7) is 1.95. The topological polar surface area (TPSA) is 54.4 Å². The van der Waals surface area contributed by atoms with E-state index >= 15 is 0 Å². The SMILES string of the molecule is Cc1cccc(C(=O)NN=C(c2ccccc2)c2ccccn2)c1. The van der Waals surface area contributed by atoms with Gasteiger partial charge in [0.05, 0.1) is 5.69 Å². The molecule has 0 spiro atoms. The number of pyridine rings is 1. The molecule has 0 aliphatic rings. The second-order valence-electron chi connectivity index (χ2n) is 5.35. The van der Waals surface area contributed by atoms with Gasteiger partial charge in [-0.2, -0.15) is 5.10 Å². The molecule has 0 fully saturated rings. The smallest absolute Gasteiger partial charge is 0.267 e. The Bertz CT molecular complexity index is 817. The Morgan fingerprint density at radius 2 is 1.67 bits per heavy atom. The maximum atomic E-state index is 12.3. The third kappa shape index (κ3) is 3.73. The van der Waals surface area contributed by atoms with Crippen LogP contribution >= 0.6 is 0 Å². The number of aromatic nitrogens is 1. The fourth-order valence-corrected chi connectivity index (χ4v) is 2.33. The van der Waals surface area contributed by atoms with E-state index in [4.69, 9.17) is 0 Å². The number of nitrogens with zero attached hydrogens (tertiary/aromatic N) is 2. The van der Waals surface area contributed by atoms with Crippen molar-refractivity contribution in [3.63, 3.8) is 0 Å². The van der Waals surface area contributed by atoms with Crippen LogP contribution in [0.2, 0.25) is 0 Å². The summed E-state index contributed by atoms with van der Waals surface area (Å²) in [5.74, 6) is -0.247. The number of rotatable bonds is 4. The fraction of sp³-hybridized carbons (Fsp3) is 0.0500. The highest BCUT2D eigenvalue weighted by Gasteiger charge is 2.10. The highest BCUT2D eigenvalue weighted by atomic mass is 16.2. The minimum atomic E-state index is -0.247. The molecule has 4 nitrogen and oxygen atoms in total. The Morgan fingerprint density at radius 1 is 0.917 bits per heavy atom. The van der Waals surface area contributed by atoms with Gasteiger partial charge in [-0.15, -0.1) is 0 Å². The number of amides is 1. The van der Waals surface area contributed by atoms with E-state index in [2.05, 4.69) is 15.5 Å². The summed E-state index contributed by atoms with van der Waals surface area (Å²) >= 11 is 0. The molecular formula is C20H17N3O. The van der Waals surface area contributed by atoms with E-state index in [1.54, 1.807) is 12.3 Å². The molecule has 3 rings (SSSR count). The number of hydrazone groups is 1. The van der Waals surface area contributed by atoms with E-state index in [1.165, 1.54) is 0 Å². The van der Waals surface area contributed by atoms with Crippen LogP contribution in [0.25, 0.3) is 0 Å². The summed E-state index contributed by atoms with van der Waals surface area (Å²) in [6, 6.07) is 22.7. The van der Waals surface area contributed by atoms with Crippen molar-refractivity contribution < 1.29 is 4.79 Å². The molecule has 0 saturated heterocycles. The van der Waals surface area contributed by atoms with E-state index in [0.717, 1.165) is 11.1 Å². The normalized spacial score (nSPS) is 11.1. The Hall–Kier alpha value is -3.27. The van der Waals surface area contributed by atoms with Gasteiger partial charge in [0.25, 0.3) is 5.91 Å². The summed E-state index contributed by atoms with van der Waals surface area (Å²) in [5.41, 5.74) is 6.45. The van der Waals surface area contributed by atoms with E-state index in [9.17, 15) is 4.79 Å². The molecular weight excluding hydrogens is 298 g/mol. The van der Waals surface area contributed by atoms with Gasteiger partial charge in [0.1, 0.15) is 5.71 Å². The van der Waals surface area contributed by atoms with Crippen LogP contribution < -0.4 is 5.43 Å². The molecule has 1 heterocycles. The Morgan fingerprint density at radius 3 is 2.38 bits per heavy atom. The van der Waals surface area contributed by atoms with Gasteiger partial charge in [-0.3, -0.25) is 9.78 Å². The largest absolute Gasteiger partial charge is 0.271 e. The highest BCUT2D eigenvalue weighted by Crippen LogP contribution is 2.09. The molecule has 4 heteroatoms. The van der Waals surface area contributed by atoms with Crippen molar-refractivity contribution in [3.05, 3.63) is 101 Å². The van der Waals surface area contributed by atoms with Crippen molar-refractivity contribution in [1.82, 2.24) is 10.4 Å². The standard InChI is InChI=1S/C20H17N3O/c1-15-8-7-11-17(14-15)20(24)23-22-19(16-9-3-2-4-10-16)18-12-5-6-13-21-18/h2-14H,1H3,(H,23,24). The summed E-state index contributed by atoms with van der Waals surface area (Å²) < 4.78 is 0. The fourth-order valence-electron chi connectivity index (χ4n) is 2.33. The summed E-state index contributed by atoms with van der Waals surface area (Å²) in [7, 11) is 0. The van der Waals surface area contributed by atoms with Crippen molar-refractivity contribution in [2.45, 2.75) is 6.92 Å². The average molecular weight is 315 g/mol. The van der Waals surface area contributed by atoms with Gasteiger partial charge in [0, 0.05) is 17.3 Å². The molecule has 1 N–H and O–H groups in total. The molecule has 118 valence electrons. The minimum Gasteiger partial charge on any atom is -0.267 e. The van der Waals surface area contributed by atoms with Crippen molar-refractivity contribution >= 4 is 11.6 Å². The molecule has 24 heavy (non-hydrogen) atoms. The molecule has 0 aliphatic carbocycles. The van der Waals surface area contributed by atoms with E-state index in [-0.39, 0.29) is 5.91 Å². The number of carbonyl (C=O) groups is 1. The predicted molar refractivity (Wildman–Crippen MR) is 95.0 cm³/mol. The maximum Gasteiger partial charge on any atom is 0.271 e. The Balaban J connectivity index is 1.91. The zero-order valence-electron chi connectivity index (χ0n) is 13.3. The Labute approximate surface area is 140 Å². The van der Waals surface area contributed by atoms with Gasteiger partial charge in [-0.25, -0.2) is 5.43 Å². The van der Waals surface area contributed by atoms with Gasteiger partial charge in [0.15, 0.2) is 0 Å². The highest BCUT2D eigenvalue weighted by molar-refractivity contribution is 6.12. The number of carbonyl (C=O) groups excluding carboxylic acids is 1. The molecule has 1 amide bonds. The van der Waals surface area contributed by atoms with Gasteiger partial charge in [-0.1, -0.05) is 54.1 Å². The van der Waals surface area contributed by atoms with E-state index in [0.29, 0.717) is 17.0 Å². The lowest BCUT2D eigenvalue weighted by molar-refractivity contribution is 0.0955. The number of benzene rings is 2. The number of aryl methyl sites for hydroxylation is 1. The van der Waals surface area contributed by atoms with Crippen molar-refractivity contribution in [2.75, 3.05) is 0 Å². The van der Waals surface area contributed by atoms with Gasteiger partial charge in [-0.05, 0) is 31.2 Å². The molecule has 1 aromatic heterocycles. The first kappa shape index (κ1) is 15.6. The van der Waals surface area contributed by atoms with Crippen LogP contribution in [0.15, 0.2) is 84.1 Å². The molecule has 0 aliphatic heterocycles. The molecule has 2 aromatic carbocycles. The van der Waals surface area contributed by atoms with Crippen LogP contribution in [-0.4, -0.2) is 16.6 Å². The van der Waals surface area contributed by atoms with Crippen LogP contribution in [0.3, 0.4) is 0 Å². The summed E-state index contributed by atoms with van der Waals surface area (Å²) in [6.07, 6.45) is 1.70. The van der Waals surface area contributed by atoms with Crippen LogP contribution in [0.1, 0.15) is 27.2 Å². The molecule has 3 aromatic rings. The van der Waals surface area contributed by atoms with Crippen LogP contribution in [0, 0.1) is 6.92 Å². The van der Waals surface area contributed by atoms with E-state index < -0.39 is 0 Å². The second-order valence-corrected chi connectivity index (χ2v) is 5.35. The monoisotopic (exact) mass is 315 g/mol. The molecule has 0 bridgehead atoms. The third-order valence-electron chi connectivity index (χ3n) is 3.50. The number of nitrogens with one attached hydrogen (secondary N) is 1. The molecule has 0 saturated carbocycles. The minimum absolute atomic E-state index is 0.247. The van der Waals surface area contributed by atoms with Crippen LogP contribution in [-0.2, 0) is 0 Å². The lowest BCUT2D eigenvalue weighted by atomic mass is 10.1. The zero-order valence-corrected chi connectivity index (χ0v) is 13.3. The van der Waals surface area contributed by atoms with Crippen molar-refractivity contribution in [1.29, 1.82) is 0 Å². The molecule has 0 radical (unpaired) electrons. The number of hydrogen-bond donors (Lipinski definition) is 1. The van der Waals surface area contributed by atoms with Crippen molar-refractivity contribution in [2.24, 2.45) is 5.10 Å². The van der Waals surface area contributed by atoms with Gasteiger partial charge < -0.3 is 0 Å². The number of hydrogen-bond acceptors (Lipinski definition) is 3. The predicted octanol–water partition coefficient (Wildman–Crippen LogP) is 3.57. The first-order valence-electron chi connectivity index (χ1n) is 7.65. The average Bonchev–Trinajstić information content (AvgIpc) is 2.63. The van der Waals surface area contributed by atoms with Crippen LogP contribution in [0.5, 0.6) is 0 Å². The lowest BCUT2D eigenvalue weighted by Crippen LogP contribution is -2.21. The first-order valence-corrected chi connectivity index (χ1v) is 7.65. The van der Waals surface area contributed by atoms with Crippen molar-refractivity contribution in [3.8, 4) is 0 Å². The van der Waals surface area contributed by atoms with Gasteiger partial charge >= 0.3 is 0 Å². The maximum absolute atomic E-state index is 12.3. The van der Waals surface area contributed by atoms with Gasteiger partial charge in [0.2, 0.25) is 0 Å². The third-order valence-corrected chi connectivity index (χ3v) is 3.50. The lowest BCUT2D eigenvalue weighted by Gasteiger charge is -2.07. The zero-order chi connectivity index (χ0) is 16.8. The molecule has 0 atom stereocenters. The molecule has 0 unspecified atom stereocenters. The Kier molecular flexibility index (Phi) is 4.77.